The lowest BCUT2D eigenvalue weighted by Crippen LogP contribution is -2.32. The molecule has 2 aromatic rings. The van der Waals surface area contributed by atoms with Crippen LogP contribution in [-0.2, 0) is 14.8 Å². The molecule has 2 aromatic carbocycles. The van der Waals surface area contributed by atoms with Crippen LogP contribution in [0.25, 0.3) is 0 Å². The molecule has 0 saturated carbocycles. The molecule has 1 heterocycles. The number of hydrogen-bond donors (Lipinski definition) is 0. The molecular weight excluding hydrogens is 402 g/mol. The minimum absolute atomic E-state index is 0.0692. The van der Waals surface area contributed by atoms with Crippen molar-refractivity contribution in [3.05, 3.63) is 64.7 Å². The average molecular weight is 430 g/mol. The standard InChI is InChI=1S/C23H27NO5S/c1-17-10-11-18(2)21(14-17)22(25)16-29-23(26)19-8-7-9-20(15-19)30(27,28)24-12-5-3-4-6-13-24/h7-11,14-15H,3-6,12-13,16H2,1-2H3. The summed E-state index contributed by atoms with van der Waals surface area (Å²) in [7, 11) is -3.67. The molecule has 0 amide bonds. The first kappa shape index (κ1) is 22.2. The van der Waals surface area contributed by atoms with E-state index in [0.29, 0.717) is 18.7 Å². The third-order valence-corrected chi connectivity index (χ3v) is 7.20. The largest absolute Gasteiger partial charge is 0.454 e. The predicted molar refractivity (Wildman–Crippen MR) is 114 cm³/mol. The van der Waals surface area contributed by atoms with Gasteiger partial charge in [-0.05, 0) is 56.5 Å². The summed E-state index contributed by atoms with van der Waals surface area (Å²) in [5.41, 5.74) is 2.38. The first-order valence-corrected chi connectivity index (χ1v) is 11.6. The van der Waals surface area contributed by atoms with Crippen molar-refractivity contribution in [1.82, 2.24) is 4.31 Å². The van der Waals surface area contributed by atoms with Crippen molar-refractivity contribution in [2.45, 2.75) is 44.4 Å². The number of benzene rings is 2. The van der Waals surface area contributed by atoms with Gasteiger partial charge in [0.2, 0.25) is 15.8 Å². The molecule has 0 atom stereocenters. The first-order chi connectivity index (χ1) is 14.3. The Morgan fingerprint density at radius 2 is 1.67 bits per heavy atom. The lowest BCUT2D eigenvalue weighted by molar-refractivity contribution is 0.0474. The molecule has 0 radical (unpaired) electrons. The van der Waals surface area contributed by atoms with Gasteiger partial charge in [-0.1, -0.05) is 36.6 Å². The second-order valence-electron chi connectivity index (χ2n) is 7.66. The molecule has 0 aliphatic carbocycles. The van der Waals surface area contributed by atoms with Crippen LogP contribution in [0.4, 0.5) is 0 Å². The van der Waals surface area contributed by atoms with Gasteiger partial charge < -0.3 is 4.74 Å². The molecule has 6 nitrogen and oxygen atoms in total. The van der Waals surface area contributed by atoms with Gasteiger partial charge in [-0.25, -0.2) is 13.2 Å². The van der Waals surface area contributed by atoms with Crippen LogP contribution in [-0.4, -0.2) is 44.2 Å². The van der Waals surface area contributed by atoms with Crippen molar-refractivity contribution < 1.29 is 22.7 Å². The fourth-order valence-corrected chi connectivity index (χ4v) is 5.11. The molecule has 0 spiro atoms. The highest BCUT2D eigenvalue weighted by molar-refractivity contribution is 7.89. The van der Waals surface area contributed by atoms with E-state index in [-0.39, 0.29) is 16.2 Å². The van der Waals surface area contributed by atoms with E-state index in [1.54, 1.807) is 6.07 Å². The van der Waals surface area contributed by atoms with Gasteiger partial charge in [0.1, 0.15) is 0 Å². The Labute approximate surface area is 177 Å². The fourth-order valence-electron chi connectivity index (χ4n) is 3.54. The molecule has 1 aliphatic heterocycles. The number of hydrogen-bond acceptors (Lipinski definition) is 5. The second kappa shape index (κ2) is 9.53. The van der Waals surface area contributed by atoms with Gasteiger partial charge in [0, 0.05) is 18.7 Å². The number of Topliss-reactive ketones (excluding diaryl/α,β-unsaturated/α-hetero) is 1. The highest BCUT2D eigenvalue weighted by Gasteiger charge is 2.26. The van der Waals surface area contributed by atoms with Crippen molar-refractivity contribution in [3.63, 3.8) is 0 Å². The molecule has 1 fully saturated rings. The third kappa shape index (κ3) is 5.15. The Hall–Kier alpha value is -2.51. The molecule has 30 heavy (non-hydrogen) atoms. The highest BCUT2D eigenvalue weighted by Crippen LogP contribution is 2.21. The van der Waals surface area contributed by atoms with Crippen LogP contribution < -0.4 is 0 Å². The van der Waals surface area contributed by atoms with Gasteiger partial charge in [0.05, 0.1) is 10.5 Å². The van der Waals surface area contributed by atoms with Crippen molar-refractivity contribution in [2.75, 3.05) is 19.7 Å². The summed E-state index contributed by atoms with van der Waals surface area (Å²) in [5, 5.41) is 0. The number of aryl methyl sites for hydroxylation is 2. The molecule has 0 bridgehead atoms. The number of nitrogens with zero attached hydrogens (tertiary/aromatic N) is 1. The van der Waals surface area contributed by atoms with Gasteiger partial charge in [-0.2, -0.15) is 4.31 Å². The van der Waals surface area contributed by atoms with Crippen LogP contribution in [0.2, 0.25) is 0 Å². The van der Waals surface area contributed by atoms with E-state index >= 15 is 0 Å². The molecule has 3 rings (SSSR count). The SMILES string of the molecule is Cc1ccc(C)c(C(=O)COC(=O)c2cccc(S(=O)(=O)N3CCCCCC3)c2)c1. The Bertz CT molecular complexity index is 1040. The Balaban J connectivity index is 1.71. The molecule has 1 saturated heterocycles. The van der Waals surface area contributed by atoms with E-state index in [9.17, 15) is 18.0 Å². The summed E-state index contributed by atoms with van der Waals surface area (Å²) in [5.74, 6) is -1.01. The monoisotopic (exact) mass is 429 g/mol. The molecular formula is C23H27NO5S. The molecule has 160 valence electrons. The summed E-state index contributed by atoms with van der Waals surface area (Å²) in [6.45, 7) is 4.29. The van der Waals surface area contributed by atoms with Gasteiger partial charge in [0.25, 0.3) is 0 Å². The average Bonchev–Trinajstić information content (AvgIpc) is 3.04. The van der Waals surface area contributed by atoms with Crippen LogP contribution in [0, 0.1) is 13.8 Å². The smallest absolute Gasteiger partial charge is 0.338 e. The maximum Gasteiger partial charge on any atom is 0.338 e. The summed E-state index contributed by atoms with van der Waals surface area (Å²) in [6, 6.07) is 11.3. The van der Waals surface area contributed by atoms with E-state index in [0.717, 1.165) is 36.8 Å². The first-order valence-electron chi connectivity index (χ1n) is 10.2. The van der Waals surface area contributed by atoms with Crippen LogP contribution >= 0.6 is 0 Å². The maximum atomic E-state index is 13.0. The summed E-state index contributed by atoms with van der Waals surface area (Å²) >= 11 is 0. The second-order valence-corrected chi connectivity index (χ2v) is 9.60. The lowest BCUT2D eigenvalue weighted by Gasteiger charge is -2.20. The number of carbonyl (C=O) groups is 2. The number of sulfonamides is 1. The lowest BCUT2D eigenvalue weighted by atomic mass is 10.0. The van der Waals surface area contributed by atoms with Crippen LogP contribution in [0.1, 0.15) is 57.5 Å². The summed E-state index contributed by atoms with van der Waals surface area (Å²) < 4.78 is 32.6. The van der Waals surface area contributed by atoms with E-state index in [4.69, 9.17) is 4.74 Å². The topological polar surface area (TPSA) is 80.8 Å². The van der Waals surface area contributed by atoms with Crippen molar-refractivity contribution in [3.8, 4) is 0 Å². The number of carbonyl (C=O) groups excluding carboxylic acids is 2. The molecule has 0 N–H and O–H groups in total. The zero-order chi connectivity index (χ0) is 21.7. The van der Waals surface area contributed by atoms with E-state index in [1.807, 2.05) is 26.0 Å². The molecule has 7 heteroatoms. The van der Waals surface area contributed by atoms with Gasteiger partial charge >= 0.3 is 5.97 Å². The predicted octanol–water partition coefficient (Wildman–Crippen LogP) is 3.91. The van der Waals surface area contributed by atoms with Gasteiger partial charge in [0.15, 0.2) is 6.61 Å². The Kier molecular flexibility index (Phi) is 7.05. The van der Waals surface area contributed by atoms with Crippen LogP contribution in [0.3, 0.4) is 0 Å². The molecule has 0 unspecified atom stereocenters. The molecule has 0 aromatic heterocycles. The zero-order valence-corrected chi connectivity index (χ0v) is 18.2. The number of rotatable bonds is 6. The highest BCUT2D eigenvalue weighted by atomic mass is 32.2. The summed E-state index contributed by atoms with van der Waals surface area (Å²) in [6.07, 6.45) is 3.71. The Morgan fingerprint density at radius 1 is 0.967 bits per heavy atom. The van der Waals surface area contributed by atoms with Crippen LogP contribution in [0.5, 0.6) is 0 Å². The van der Waals surface area contributed by atoms with Crippen molar-refractivity contribution in [2.24, 2.45) is 0 Å². The van der Waals surface area contributed by atoms with E-state index in [2.05, 4.69) is 0 Å². The van der Waals surface area contributed by atoms with Gasteiger partial charge in [-0.3, -0.25) is 4.79 Å². The number of ether oxygens (including phenoxy) is 1. The fraction of sp³-hybridized carbons (Fsp3) is 0.391. The number of ketones is 1. The minimum atomic E-state index is -3.67. The van der Waals surface area contributed by atoms with Crippen molar-refractivity contribution >= 4 is 21.8 Å². The molecule has 1 aliphatic rings. The van der Waals surface area contributed by atoms with Crippen LogP contribution in [0.15, 0.2) is 47.4 Å². The summed E-state index contributed by atoms with van der Waals surface area (Å²) in [4.78, 5) is 25.0. The normalized spacial score (nSPS) is 15.4. The minimum Gasteiger partial charge on any atom is -0.454 e. The van der Waals surface area contributed by atoms with E-state index < -0.39 is 22.6 Å². The van der Waals surface area contributed by atoms with Crippen molar-refractivity contribution in [1.29, 1.82) is 0 Å². The Morgan fingerprint density at radius 3 is 2.37 bits per heavy atom. The van der Waals surface area contributed by atoms with E-state index in [1.165, 1.54) is 28.6 Å². The number of esters is 1. The third-order valence-electron chi connectivity index (χ3n) is 5.30. The quantitative estimate of drug-likeness (QED) is 0.514. The van der Waals surface area contributed by atoms with Gasteiger partial charge in [-0.15, -0.1) is 0 Å². The zero-order valence-electron chi connectivity index (χ0n) is 17.4. The maximum absolute atomic E-state index is 13.0.